The molecule has 2 atom stereocenters. The van der Waals surface area contributed by atoms with Crippen LogP contribution in [-0.2, 0) is 24.8 Å². The van der Waals surface area contributed by atoms with E-state index in [1.165, 1.54) is 12.1 Å². The molecular weight excluding hydrogens is 592 g/mol. The molecule has 0 saturated heterocycles. The average molecular weight is 631 g/mol. The number of nitriles is 2. The highest BCUT2D eigenvalue weighted by Crippen LogP contribution is 2.41. The van der Waals surface area contributed by atoms with Crippen molar-refractivity contribution in [3.05, 3.63) is 35.0 Å². The highest BCUT2D eigenvalue weighted by Gasteiger charge is 2.40. The molecule has 14 heteroatoms. The smallest absolute Gasteiger partial charge is 0.435 e. The number of rotatable bonds is 8. The molecule has 3 rings (SSSR count). The number of nitrogens with zero attached hydrogens (tertiary/aromatic N) is 6. The van der Waals surface area contributed by atoms with E-state index in [2.05, 4.69) is 22.2 Å². The van der Waals surface area contributed by atoms with Gasteiger partial charge in [0.25, 0.3) is 0 Å². The minimum absolute atomic E-state index is 0.0230. The first-order chi connectivity index (χ1) is 19.7. The van der Waals surface area contributed by atoms with Gasteiger partial charge in [0.1, 0.15) is 5.60 Å². The van der Waals surface area contributed by atoms with Crippen molar-refractivity contribution in [2.24, 2.45) is 22.7 Å². The van der Waals surface area contributed by atoms with E-state index in [-0.39, 0.29) is 16.5 Å². The number of allylic oxidation sites excluding steroid dienone is 2. The highest BCUT2D eigenvalue weighted by atomic mass is 32.3. The van der Waals surface area contributed by atoms with E-state index in [4.69, 9.17) is 4.74 Å². The van der Waals surface area contributed by atoms with Gasteiger partial charge in [0.15, 0.2) is 5.82 Å². The van der Waals surface area contributed by atoms with Crippen molar-refractivity contribution < 1.29 is 26.4 Å². The van der Waals surface area contributed by atoms with Crippen LogP contribution < -0.4 is 3.71 Å². The molecule has 0 bridgehead atoms. The first kappa shape index (κ1) is 33.7. The molecule has 12 nitrogen and oxygen atoms in total. The molecule has 0 saturated carbocycles. The van der Waals surface area contributed by atoms with Crippen LogP contribution >= 0.6 is 0 Å². The molecule has 2 unspecified atom stereocenters. The van der Waals surface area contributed by atoms with Crippen molar-refractivity contribution in [1.29, 1.82) is 10.5 Å². The number of carbonyl (C=O) groups is 1. The number of aromatic nitrogens is 2. The SMILES string of the molecule is CC1=NC(C)=C(C#N)C(c2ccc3c(c2)c(N(S(=O)(=O)CC(C)C)S(=O)(=O)CC(C)C)nn3C(=O)OC(C)(C)C)C1C#N. The molecule has 1 aliphatic heterocycles. The summed E-state index contributed by atoms with van der Waals surface area (Å²) in [4.78, 5) is 17.6. The lowest BCUT2D eigenvalue weighted by Gasteiger charge is -2.27. The Bertz CT molecular complexity index is 1760. The van der Waals surface area contributed by atoms with Gasteiger partial charge in [0.05, 0.1) is 46.3 Å². The van der Waals surface area contributed by atoms with Crippen LogP contribution in [0.1, 0.15) is 73.8 Å². The number of hydrogen-bond acceptors (Lipinski definition) is 10. The minimum atomic E-state index is -4.52. The van der Waals surface area contributed by atoms with Crippen molar-refractivity contribution in [2.45, 2.75) is 73.8 Å². The van der Waals surface area contributed by atoms with E-state index < -0.39 is 72.7 Å². The van der Waals surface area contributed by atoms with E-state index in [9.17, 15) is 32.2 Å². The summed E-state index contributed by atoms with van der Waals surface area (Å²) < 4.78 is 61.7. The first-order valence-corrected chi connectivity index (χ1v) is 17.0. The number of anilines is 1. The fourth-order valence-corrected chi connectivity index (χ4v) is 9.51. The number of ether oxygens (including phenoxy) is 1. The largest absolute Gasteiger partial charge is 0.442 e. The summed E-state index contributed by atoms with van der Waals surface area (Å²) >= 11 is 0. The number of hydrogen-bond donors (Lipinski definition) is 0. The first-order valence-electron chi connectivity index (χ1n) is 13.8. The fourth-order valence-electron chi connectivity index (χ4n) is 5.01. The summed E-state index contributed by atoms with van der Waals surface area (Å²) in [6.45, 7) is 14.9. The third-order valence-electron chi connectivity index (χ3n) is 6.46. The number of carbonyl (C=O) groups excluding carboxylic acids is 1. The summed E-state index contributed by atoms with van der Waals surface area (Å²) in [6.07, 6.45) is -0.942. The molecule has 0 N–H and O–H groups in total. The van der Waals surface area contributed by atoms with Crippen molar-refractivity contribution in [2.75, 3.05) is 15.2 Å². The summed E-state index contributed by atoms with van der Waals surface area (Å²) in [5.41, 5.74) is 0.750. The summed E-state index contributed by atoms with van der Waals surface area (Å²) in [5, 5.41) is 24.3. The molecular formula is C29H38N6O6S2. The quantitative estimate of drug-likeness (QED) is 0.384. The van der Waals surface area contributed by atoms with Gasteiger partial charge in [-0.2, -0.15) is 15.2 Å². The average Bonchev–Trinajstić information content (AvgIpc) is 3.18. The van der Waals surface area contributed by atoms with Gasteiger partial charge in [-0.1, -0.05) is 33.8 Å². The Hall–Kier alpha value is -3.75. The zero-order valence-corrected chi connectivity index (χ0v) is 27.5. The molecule has 0 aliphatic carbocycles. The lowest BCUT2D eigenvalue weighted by Crippen LogP contribution is -2.42. The van der Waals surface area contributed by atoms with Gasteiger partial charge in [0.2, 0.25) is 20.0 Å². The van der Waals surface area contributed by atoms with Gasteiger partial charge in [0, 0.05) is 17.0 Å². The van der Waals surface area contributed by atoms with Crippen LogP contribution in [0, 0.1) is 40.4 Å². The van der Waals surface area contributed by atoms with Crippen LogP contribution in [0.4, 0.5) is 10.6 Å². The van der Waals surface area contributed by atoms with Gasteiger partial charge in [-0.15, -0.1) is 8.81 Å². The molecule has 43 heavy (non-hydrogen) atoms. The molecule has 1 aliphatic rings. The van der Waals surface area contributed by atoms with E-state index in [0.717, 1.165) is 4.68 Å². The van der Waals surface area contributed by atoms with Crippen molar-refractivity contribution in [3.8, 4) is 12.1 Å². The van der Waals surface area contributed by atoms with Gasteiger partial charge in [-0.3, -0.25) is 4.99 Å². The number of benzene rings is 1. The Morgan fingerprint density at radius 3 is 2.07 bits per heavy atom. The molecule has 1 aromatic heterocycles. The third kappa shape index (κ3) is 7.08. The predicted molar refractivity (Wildman–Crippen MR) is 164 cm³/mol. The second-order valence-corrected chi connectivity index (χ2v) is 16.4. The standard InChI is InChI=1S/C29H38N6O6S2/c1-17(2)15-42(37,38)35(43(39,40)16-18(3)4)27-22-12-21(26-23(13-30)19(5)32-20(6)24(26)14-31)10-11-25(22)34(33-27)28(36)41-29(7,8)9/h10-12,17-18,23,26H,15-16H2,1-9H3. The van der Waals surface area contributed by atoms with Crippen molar-refractivity contribution >= 4 is 48.6 Å². The molecule has 2 heterocycles. The second-order valence-electron chi connectivity index (χ2n) is 12.5. The Labute approximate surface area is 253 Å². The van der Waals surface area contributed by atoms with Crippen LogP contribution in [0.25, 0.3) is 10.9 Å². The topological polar surface area (TPSA) is 176 Å². The monoisotopic (exact) mass is 630 g/mol. The minimum Gasteiger partial charge on any atom is -0.442 e. The summed E-state index contributed by atoms with van der Waals surface area (Å²) in [5.74, 6) is -3.93. The maximum absolute atomic E-state index is 13.8. The highest BCUT2D eigenvalue weighted by molar-refractivity contribution is 8.10. The number of aliphatic imine (C=N–C) groups is 1. The van der Waals surface area contributed by atoms with E-state index in [1.807, 2.05) is 0 Å². The fraction of sp³-hybridized carbons (Fsp3) is 0.552. The maximum Gasteiger partial charge on any atom is 0.435 e. The second kappa shape index (κ2) is 12.1. The van der Waals surface area contributed by atoms with E-state index in [1.54, 1.807) is 68.4 Å². The van der Waals surface area contributed by atoms with Gasteiger partial charge in [-0.05, 0) is 64.2 Å². The third-order valence-corrected chi connectivity index (χ3v) is 11.4. The lowest BCUT2D eigenvalue weighted by molar-refractivity contribution is 0.0523. The molecule has 232 valence electrons. The van der Waals surface area contributed by atoms with Crippen LogP contribution in [-0.4, -0.2) is 55.5 Å². The van der Waals surface area contributed by atoms with Gasteiger partial charge >= 0.3 is 6.09 Å². The molecule has 2 aromatic rings. The maximum atomic E-state index is 13.8. The van der Waals surface area contributed by atoms with Crippen molar-refractivity contribution in [1.82, 2.24) is 9.78 Å². The van der Waals surface area contributed by atoms with Gasteiger partial charge < -0.3 is 4.74 Å². The predicted octanol–water partition coefficient (Wildman–Crippen LogP) is 5.09. The molecule has 1 aromatic carbocycles. The summed E-state index contributed by atoms with van der Waals surface area (Å²) in [6, 6.07) is 8.90. The van der Waals surface area contributed by atoms with E-state index in [0.29, 0.717) is 20.7 Å². The lowest BCUT2D eigenvalue weighted by atomic mass is 9.76. The Kier molecular flexibility index (Phi) is 9.49. The van der Waals surface area contributed by atoms with E-state index >= 15 is 0 Å². The van der Waals surface area contributed by atoms with Gasteiger partial charge in [-0.25, -0.2) is 21.6 Å². The Morgan fingerprint density at radius 1 is 1.05 bits per heavy atom. The summed E-state index contributed by atoms with van der Waals surface area (Å²) in [7, 11) is -9.04. The molecule has 0 fully saturated rings. The van der Waals surface area contributed by atoms with Crippen LogP contribution in [0.2, 0.25) is 0 Å². The van der Waals surface area contributed by atoms with Crippen LogP contribution in [0.5, 0.6) is 0 Å². The normalized spacial score (nSPS) is 18.0. The zero-order chi connectivity index (χ0) is 32.7. The molecule has 0 amide bonds. The van der Waals surface area contributed by atoms with Crippen LogP contribution in [0.15, 0.2) is 34.5 Å². The Morgan fingerprint density at radius 2 is 1.60 bits per heavy atom. The zero-order valence-electron chi connectivity index (χ0n) is 25.9. The number of fused-ring (bicyclic) bond motifs is 1. The molecule has 0 radical (unpaired) electrons. The van der Waals surface area contributed by atoms with Crippen molar-refractivity contribution in [3.63, 3.8) is 0 Å². The molecule has 0 spiro atoms. The number of sulfonamides is 2. The Balaban J connectivity index is 2.47. The van der Waals surface area contributed by atoms with Crippen LogP contribution in [0.3, 0.4) is 0 Å².